The van der Waals surface area contributed by atoms with Crippen molar-refractivity contribution in [3.63, 3.8) is 0 Å². The van der Waals surface area contributed by atoms with E-state index in [1.165, 1.54) is 12.1 Å². The highest BCUT2D eigenvalue weighted by Gasteiger charge is 2.15. The number of benzene rings is 1. The fourth-order valence-corrected chi connectivity index (χ4v) is 1.64. The Labute approximate surface area is 111 Å². The zero-order valence-electron chi connectivity index (χ0n) is 9.13. The van der Waals surface area contributed by atoms with Crippen molar-refractivity contribution in [1.82, 2.24) is 4.98 Å². The van der Waals surface area contributed by atoms with Gasteiger partial charge in [0.15, 0.2) is 0 Å². The predicted molar refractivity (Wildman–Crippen MR) is 72.7 cm³/mol. The van der Waals surface area contributed by atoms with Crippen molar-refractivity contribution in [2.45, 2.75) is 0 Å². The summed E-state index contributed by atoms with van der Waals surface area (Å²) in [6, 6.07) is 9.91. The van der Waals surface area contributed by atoms with E-state index in [0.29, 0.717) is 5.69 Å². The number of hydrogen-bond donors (Lipinski definition) is 2. The molecule has 0 aliphatic heterocycles. The lowest BCUT2D eigenvalue weighted by atomic mass is 10.3. The zero-order valence-corrected chi connectivity index (χ0v) is 10.7. The number of aromatic nitrogens is 1. The molecule has 3 N–H and O–H groups in total. The summed E-state index contributed by atoms with van der Waals surface area (Å²) < 4.78 is 0.920. The van der Waals surface area contributed by atoms with Gasteiger partial charge in [-0.25, -0.2) is 4.98 Å². The molecule has 0 bridgehead atoms. The van der Waals surface area contributed by atoms with E-state index in [1.54, 1.807) is 12.1 Å². The number of hydrogen-bond acceptors (Lipinski definition) is 5. The van der Waals surface area contributed by atoms with Crippen molar-refractivity contribution in [3.8, 4) is 0 Å². The van der Waals surface area contributed by atoms with E-state index >= 15 is 0 Å². The first-order valence-electron chi connectivity index (χ1n) is 5.00. The number of rotatable bonds is 3. The molecule has 0 atom stereocenters. The molecule has 0 aliphatic rings. The van der Waals surface area contributed by atoms with Crippen molar-refractivity contribution in [2.24, 2.45) is 0 Å². The fraction of sp³-hybridized carbons (Fsp3) is 0. The van der Waals surface area contributed by atoms with E-state index in [9.17, 15) is 10.1 Å². The van der Waals surface area contributed by atoms with E-state index in [0.717, 1.165) is 4.47 Å². The Bertz CT molecular complexity index is 586. The standard InChI is InChI=1S/C11H9BrN4O2/c12-7-1-3-8(4-2-7)14-11-9(16(17)18)5-6-10(13)15-11/h1-6H,(H3,13,14,15). The first-order valence-corrected chi connectivity index (χ1v) is 5.79. The summed E-state index contributed by atoms with van der Waals surface area (Å²) >= 11 is 3.31. The highest BCUT2D eigenvalue weighted by molar-refractivity contribution is 9.10. The van der Waals surface area contributed by atoms with Gasteiger partial charge in [0.2, 0.25) is 5.82 Å². The Morgan fingerprint density at radius 3 is 2.50 bits per heavy atom. The van der Waals surface area contributed by atoms with Crippen LogP contribution in [0, 0.1) is 10.1 Å². The maximum atomic E-state index is 10.9. The van der Waals surface area contributed by atoms with Crippen LogP contribution < -0.4 is 11.1 Å². The van der Waals surface area contributed by atoms with Crippen molar-refractivity contribution in [1.29, 1.82) is 0 Å². The van der Waals surface area contributed by atoms with Gasteiger partial charge < -0.3 is 11.1 Å². The predicted octanol–water partition coefficient (Wildman–Crippen LogP) is 3.08. The molecule has 7 heteroatoms. The monoisotopic (exact) mass is 308 g/mol. The molecule has 1 heterocycles. The second kappa shape index (κ2) is 5.01. The minimum Gasteiger partial charge on any atom is -0.384 e. The van der Waals surface area contributed by atoms with Crippen LogP contribution in [0.3, 0.4) is 0 Å². The first kappa shape index (κ1) is 12.3. The Hall–Kier alpha value is -2.15. The number of nitrogen functional groups attached to an aromatic ring is 1. The summed E-state index contributed by atoms with van der Waals surface area (Å²) in [5.74, 6) is 0.350. The average molecular weight is 309 g/mol. The normalized spacial score (nSPS) is 10.1. The first-order chi connectivity index (χ1) is 8.56. The van der Waals surface area contributed by atoms with E-state index < -0.39 is 4.92 Å². The van der Waals surface area contributed by atoms with Crippen molar-refractivity contribution >= 4 is 38.9 Å². The maximum Gasteiger partial charge on any atom is 0.311 e. The van der Waals surface area contributed by atoms with Gasteiger partial charge in [0, 0.05) is 16.2 Å². The molecule has 0 unspecified atom stereocenters. The topological polar surface area (TPSA) is 94.1 Å². The lowest BCUT2D eigenvalue weighted by Crippen LogP contribution is -2.01. The Balaban J connectivity index is 2.35. The molecule has 2 aromatic rings. The van der Waals surface area contributed by atoms with Crippen LogP contribution in [0.1, 0.15) is 0 Å². The van der Waals surface area contributed by atoms with Crippen LogP contribution in [-0.2, 0) is 0 Å². The molecule has 0 saturated heterocycles. The van der Waals surface area contributed by atoms with E-state index in [-0.39, 0.29) is 17.3 Å². The van der Waals surface area contributed by atoms with Crippen molar-refractivity contribution < 1.29 is 4.92 Å². The van der Waals surface area contributed by atoms with E-state index in [2.05, 4.69) is 26.2 Å². The summed E-state index contributed by atoms with van der Waals surface area (Å²) in [6.45, 7) is 0. The summed E-state index contributed by atoms with van der Waals surface area (Å²) in [5.41, 5.74) is 6.10. The van der Waals surface area contributed by atoms with Gasteiger partial charge in [-0.3, -0.25) is 10.1 Å². The van der Waals surface area contributed by atoms with E-state index in [1.807, 2.05) is 12.1 Å². The summed E-state index contributed by atoms with van der Waals surface area (Å²) in [7, 11) is 0. The van der Waals surface area contributed by atoms with Gasteiger partial charge in [0.05, 0.1) is 4.92 Å². The van der Waals surface area contributed by atoms with Gasteiger partial charge >= 0.3 is 5.69 Å². The van der Waals surface area contributed by atoms with Crippen LogP contribution in [0.25, 0.3) is 0 Å². The molecule has 0 fully saturated rings. The molecule has 0 saturated carbocycles. The van der Waals surface area contributed by atoms with Gasteiger partial charge in [-0.2, -0.15) is 0 Å². The third kappa shape index (κ3) is 2.75. The molecule has 0 radical (unpaired) electrons. The molecule has 6 nitrogen and oxygen atoms in total. The second-order valence-corrected chi connectivity index (χ2v) is 4.41. The number of nitro groups is 1. The van der Waals surface area contributed by atoms with Gasteiger partial charge in [-0.05, 0) is 30.3 Å². The molecule has 18 heavy (non-hydrogen) atoms. The molecule has 92 valence electrons. The Kier molecular flexibility index (Phi) is 3.42. The summed E-state index contributed by atoms with van der Waals surface area (Å²) in [4.78, 5) is 14.3. The second-order valence-electron chi connectivity index (χ2n) is 3.49. The number of halogens is 1. The lowest BCUT2D eigenvalue weighted by Gasteiger charge is -2.06. The number of nitrogens with two attached hydrogens (primary N) is 1. The van der Waals surface area contributed by atoms with Crippen LogP contribution in [0.2, 0.25) is 0 Å². The Morgan fingerprint density at radius 2 is 1.89 bits per heavy atom. The van der Waals surface area contributed by atoms with Gasteiger partial charge in [0.25, 0.3) is 0 Å². The molecular weight excluding hydrogens is 300 g/mol. The largest absolute Gasteiger partial charge is 0.384 e. The van der Waals surface area contributed by atoms with Crippen LogP contribution in [0.4, 0.5) is 23.0 Å². The molecule has 1 aromatic carbocycles. The zero-order chi connectivity index (χ0) is 13.1. The minimum atomic E-state index is -0.506. The molecule has 1 aromatic heterocycles. The van der Waals surface area contributed by atoms with Crippen LogP contribution >= 0.6 is 15.9 Å². The third-order valence-corrected chi connectivity index (χ3v) is 2.73. The number of pyridine rings is 1. The van der Waals surface area contributed by atoms with Crippen LogP contribution in [0.5, 0.6) is 0 Å². The fourth-order valence-electron chi connectivity index (χ4n) is 1.38. The molecule has 2 rings (SSSR count). The van der Waals surface area contributed by atoms with Crippen molar-refractivity contribution in [3.05, 3.63) is 51.0 Å². The molecule has 0 aliphatic carbocycles. The lowest BCUT2D eigenvalue weighted by molar-refractivity contribution is -0.384. The number of anilines is 3. The number of nitrogens with one attached hydrogen (secondary N) is 1. The van der Waals surface area contributed by atoms with Gasteiger partial charge in [-0.1, -0.05) is 15.9 Å². The maximum absolute atomic E-state index is 10.9. The molecule has 0 spiro atoms. The van der Waals surface area contributed by atoms with Crippen LogP contribution in [-0.4, -0.2) is 9.91 Å². The smallest absolute Gasteiger partial charge is 0.311 e. The van der Waals surface area contributed by atoms with E-state index in [4.69, 9.17) is 5.73 Å². The average Bonchev–Trinajstić information content (AvgIpc) is 2.32. The molecule has 0 amide bonds. The highest BCUT2D eigenvalue weighted by atomic mass is 79.9. The minimum absolute atomic E-state index is 0.118. The van der Waals surface area contributed by atoms with Gasteiger partial charge in [-0.15, -0.1) is 0 Å². The van der Waals surface area contributed by atoms with Crippen molar-refractivity contribution in [2.75, 3.05) is 11.1 Å². The Morgan fingerprint density at radius 1 is 1.22 bits per heavy atom. The number of nitrogens with zero attached hydrogens (tertiary/aromatic N) is 2. The molecular formula is C11H9BrN4O2. The summed E-state index contributed by atoms with van der Waals surface area (Å²) in [6.07, 6.45) is 0. The summed E-state index contributed by atoms with van der Waals surface area (Å²) in [5, 5.41) is 13.7. The quantitative estimate of drug-likeness (QED) is 0.671. The highest BCUT2D eigenvalue weighted by Crippen LogP contribution is 2.26. The van der Waals surface area contributed by atoms with Gasteiger partial charge in [0.1, 0.15) is 5.82 Å². The SMILES string of the molecule is Nc1ccc([N+](=O)[O-])c(Nc2ccc(Br)cc2)n1. The van der Waals surface area contributed by atoms with Crippen LogP contribution in [0.15, 0.2) is 40.9 Å². The third-order valence-electron chi connectivity index (χ3n) is 2.20.